The first-order chi connectivity index (χ1) is 11.1. The summed E-state index contributed by atoms with van der Waals surface area (Å²) in [5.74, 6) is -0.0419. The summed E-state index contributed by atoms with van der Waals surface area (Å²) in [4.78, 5) is 11.1. The maximum Gasteiger partial charge on any atom is 0.246 e. The van der Waals surface area contributed by atoms with E-state index in [0.717, 1.165) is 12.0 Å². The molecule has 120 valence electrons. The smallest absolute Gasteiger partial charge is 0.246 e. The number of halogens is 1. The van der Waals surface area contributed by atoms with Gasteiger partial charge in [-0.05, 0) is 36.6 Å². The highest BCUT2D eigenvalue weighted by atomic mass is 19.1. The molecule has 3 rings (SSSR count). The lowest BCUT2D eigenvalue weighted by atomic mass is 10.1. The summed E-state index contributed by atoms with van der Waals surface area (Å²) in [7, 11) is 0. The average Bonchev–Trinajstić information content (AvgIpc) is 3.05. The van der Waals surface area contributed by atoms with Gasteiger partial charge in [-0.2, -0.15) is 0 Å². The molecule has 0 bridgehead atoms. The predicted molar refractivity (Wildman–Crippen MR) is 83.2 cm³/mol. The van der Waals surface area contributed by atoms with Crippen LogP contribution in [0.2, 0.25) is 0 Å². The molecule has 1 aliphatic heterocycles. The number of amides is 1. The van der Waals surface area contributed by atoms with Gasteiger partial charge in [0.25, 0.3) is 0 Å². The lowest BCUT2D eigenvalue weighted by Crippen LogP contribution is -2.27. The predicted octanol–water partition coefficient (Wildman–Crippen LogP) is 3.11. The minimum absolute atomic E-state index is 0.117. The molecule has 1 heterocycles. The molecule has 0 aliphatic carbocycles. The molecule has 1 fully saturated rings. The second-order valence-electron chi connectivity index (χ2n) is 5.54. The van der Waals surface area contributed by atoms with Gasteiger partial charge in [0.2, 0.25) is 5.91 Å². The van der Waals surface area contributed by atoms with E-state index < -0.39 is 12.0 Å². The highest BCUT2D eigenvalue weighted by Crippen LogP contribution is 2.33. The molecule has 0 aromatic heterocycles. The van der Waals surface area contributed by atoms with E-state index in [9.17, 15) is 9.18 Å². The monoisotopic (exact) mass is 315 g/mol. The number of rotatable bonds is 5. The third-order valence-corrected chi connectivity index (χ3v) is 3.94. The summed E-state index contributed by atoms with van der Waals surface area (Å²) in [6.45, 7) is 0.176. The first-order valence-corrected chi connectivity index (χ1v) is 7.54. The van der Waals surface area contributed by atoms with Crippen LogP contribution in [0.3, 0.4) is 0 Å². The molecule has 0 unspecified atom stereocenters. The molecule has 2 aromatic rings. The van der Waals surface area contributed by atoms with Crippen molar-refractivity contribution >= 4 is 5.91 Å². The van der Waals surface area contributed by atoms with Crippen molar-refractivity contribution < 1.29 is 18.7 Å². The molecule has 0 spiro atoms. The van der Waals surface area contributed by atoms with E-state index in [1.54, 1.807) is 18.2 Å². The van der Waals surface area contributed by atoms with Crippen LogP contribution in [-0.4, -0.2) is 12.0 Å². The molecular formula is C18H18FNO3. The molecule has 1 aliphatic rings. The van der Waals surface area contributed by atoms with Crippen molar-refractivity contribution in [1.82, 2.24) is 0 Å². The van der Waals surface area contributed by atoms with Gasteiger partial charge in [-0.3, -0.25) is 4.79 Å². The van der Waals surface area contributed by atoms with Crippen LogP contribution in [-0.2, 0) is 16.1 Å². The fraction of sp³-hybridized carbons (Fsp3) is 0.278. The van der Waals surface area contributed by atoms with E-state index in [-0.39, 0.29) is 18.5 Å². The number of ether oxygens (including phenoxy) is 2. The maximum absolute atomic E-state index is 13.5. The third-order valence-electron chi connectivity index (χ3n) is 3.94. The van der Waals surface area contributed by atoms with E-state index in [2.05, 4.69) is 0 Å². The SMILES string of the molecule is NC(=O)[C@@H]1CC[C@H](c2ccc(OCc3ccccc3F)cc2)O1. The molecule has 2 atom stereocenters. The second kappa shape index (κ2) is 6.79. The van der Waals surface area contributed by atoms with E-state index in [1.807, 2.05) is 24.3 Å². The molecule has 0 saturated carbocycles. The van der Waals surface area contributed by atoms with Crippen LogP contribution in [0.25, 0.3) is 0 Å². The van der Waals surface area contributed by atoms with Crippen molar-refractivity contribution in [3.63, 3.8) is 0 Å². The molecule has 2 aromatic carbocycles. The van der Waals surface area contributed by atoms with Crippen LogP contribution >= 0.6 is 0 Å². The molecule has 1 saturated heterocycles. The molecule has 5 heteroatoms. The van der Waals surface area contributed by atoms with Crippen molar-refractivity contribution in [1.29, 1.82) is 0 Å². The van der Waals surface area contributed by atoms with Crippen LogP contribution in [0.1, 0.15) is 30.1 Å². The summed E-state index contributed by atoms with van der Waals surface area (Å²) in [5, 5.41) is 0. The molecule has 2 N–H and O–H groups in total. The van der Waals surface area contributed by atoms with E-state index in [0.29, 0.717) is 17.7 Å². The number of hydrogen-bond donors (Lipinski definition) is 1. The Balaban J connectivity index is 1.59. The van der Waals surface area contributed by atoms with Gasteiger partial charge >= 0.3 is 0 Å². The lowest BCUT2D eigenvalue weighted by molar-refractivity contribution is -0.128. The first kappa shape index (κ1) is 15.5. The fourth-order valence-corrected chi connectivity index (χ4v) is 2.65. The maximum atomic E-state index is 13.5. The van der Waals surface area contributed by atoms with Gasteiger partial charge in [0.1, 0.15) is 24.3 Å². The van der Waals surface area contributed by atoms with Gasteiger partial charge in [0.05, 0.1) is 6.10 Å². The van der Waals surface area contributed by atoms with E-state index in [1.165, 1.54) is 6.07 Å². The van der Waals surface area contributed by atoms with Crippen LogP contribution in [0, 0.1) is 5.82 Å². The zero-order valence-corrected chi connectivity index (χ0v) is 12.6. The Kier molecular flexibility index (Phi) is 4.57. The largest absolute Gasteiger partial charge is 0.489 e. The Labute approximate surface area is 134 Å². The zero-order chi connectivity index (χ0) is 16.2. The van der Waals surface area contributed by atoms with Gasteiger partial charge in [-0.15, -0.1) is 0 Å². The van der Waals surface area contributed by atoms with Crippen LogP contribution in [0.5, 0.6) is 5.75 Å². The first-order valence-electron chi connectivity index (χ1n) is 7.54. The van der Waals surface area contributed by atoms with Gasteiger partial charge in [0, 0.05) is 5.56 Å². The average molecular weight is 315 g/mol. The fourth-order valence-electron chi connectivity index (χ4n) is 2.65. The molecule has 1 amide bonds. The molecule has 4 nitrogen and oxygen atoms in total. The van der Waals surface area contributed by atoms with Crippen molar-refractivity contribution in [3.8, 4) is 5.75 Å². The van der Waals surface area contributed by atoms with Gasteiger partial charge in [-0.25, -0.2) is 4.39 Å². The molecule has 23 heavy (non-hydrogen) atoms. The molecule has 0 radical (unpaired) electrons. The van der Waals surface area contributed by atoms with Crippen molar-refractivity contribution in [3.05, 3.63) is 65.5 Å². The standard InChI is InChI=1S/C18H18FNO3/c19-15-4-2-1-3-13(15)11-22-14-7-5-12(6-8-14)16-9-10-17(23-16)18(20)21/h1-8,16-17H,9-11H2,(H2,20,21)/t16-,17+/m1/s1. The summed E-state index contributed by atoms with van der Waals surface area (Å²) < 4.78 is 24.8. The van der Waals surface area contributed by atoms with Crippen molar-refractivity contribution in [2.45, 2.75) is 31.7 Å². The number of carbonyl (C=O) groups is 1. The van der Waals surface area contributed by atoms with Gasteiger partial charge in [-0.1, -0.05) is 30.3 Å². The van der Waals surface area contributed by atoms with Crippen LogP contribution < -0.4 is 10.5 Å². The Morgan fingerprint density at radius 3 is 2.57 bits per heavy atom. The topological polar surface area (TPSA) is 61.6 Å². The van der Waals surface area contributed by atoms with Crippen LogP contribution in [0.15, 0.2) is 48.5 Å². The van der Waals surface area contributed by atoms with Crippen molar-refractivity contribution in [2.24, 2.45) is 5.73 Å². The number of carbonyl (C=O) groups excluding carboxylic acids is 1. The number of primary amides is 1. The summed E-state index contributed by atoms with van der Waals surface area (Å²) >= 11 is 0. The quantitative estimate of drug-likeness (QED) is 0.922. The van der Waals surface area contributed by atoms with Crippen LogP contribution in [0.4, 0.5) is 4.39 Å². The third kappa shape index (κ3) is 3.68. The summed E-state index contributed by atoms with van der Waals surface area (Å²) in [5.41, 5.74) is 6.75. The number of benzene rings is 2. The van der Waals surface area contributed by atoms with Gasteiger partial charge in [0.15, 0.2) is 0 Å². The Hall–Kier alpha value is -2.40. The Morgan fingerprint density at radius 2 is 1.91 bits per heavy atom. The van der Waals surface area contributed by atoms with E-state index >= 15 is 0 Å². The number of nitrogens with two attached hydrogens (primary N) is 1. The Bertz CT molecular complexity index is 687. The van der Waals surface area contributed by atoms with Gasteiger partial charge < -0.3 is 15.2 Å². The summed E-state index contributed by atoms with van der Waals surface area (Å²) in [6.07, 6.45) is 0.791. The van der Waals surface area contributed by atoms with Crippen molar-refractivity contribution in [2.75, 3.05) is 0 Å². The summed E-state index contributed by atoms with van der Waals surface area (Å²) in [6, 6.07) is 13.9. The normalized spacial score (nSPS) is 20.4. The lowest BCUT2D eigenvalue weighted by Gasteiger charge is -2.13. The minimum atomic E-state index is -0.503. The number of hydrogen-bond acceptors (Lipinski definition) is 3. The highest BCUT2D eigenvalue weighted by molar-refractivity contribution is 5.79. The minimum Gasteiger partial charge on any atom is -0.489 e. The highest BCUT2D eigenvalue weighted by Gasteiger charge is 2.29. The molecular weight excluding hydrogens is 297 g/mol. The Morgan fingerprint density at radius 1 is 1.17 bits per heavy atom. The second-order valence-corrected chi connectivity index (χ2v) is 5.54. The van der Waals surface area contributed by atoms with E-state index in [4.69, 9.17) is 15.2 Å². The zero-order valence-electron chi connectivity index (χ0n) is 12.6.